The SMILES string of the molecule is COc1cccc(OC)c1-n1c(CS(=O)(=O)CCN2C(=O)c3ccccc3C2=O)nnc1-c1ccco1. The van der Waals surface area contributed by atoms with Gasteiger partial charge in [0.25, 0.3) is 11.8 Å². The van der Waals surface area contributed by atoms with Crippen molar-refractivity contribution in [2.75, 3.05) is 26.5 Å². The Morgan fingerprint density at radius 2 is 1.51 bits per heavy atom. The molecule has 0 spiro atoms. The van der Waals surface area contributed by atoms with Gasteiger partial charge in [0.1, 0.15) is 22.9 Å². The molecule has 2 amide bonds. The summed E-state index contributed by atoms with van der Waals surface area (Å²) in [5.41, 5.74) is 0.918. The van der Waals surface area contributed by atoms with Gasteiger partial charge in [-0.1, -0.05) is 18.2 Å². The van der Waals surface area contributed by atoms with E-state index in [2.05, 4.69) is 10.2 Å². The van der Waals surface area contributed by atoms with Crippen LogP contribution >= 0.6 is 0 Å². The summed E-state index contributed by atoms with van der Waals surface area (Å²) in [6.45, 7) is -0.286. The van der Waals surface area contributed by atoms with Gasteiger partial charge in [0, 0.05) is 6.54 Å². The van der Waals surface area contributed by atoms with Crippen molar-refractivity contribution in [1.82, 2.24) is 19.7 Å². The third-order valence-corrected chi connectivity index (χ3v) is 7.45. The minimum Gasteiger partial charge on any atom is -0.494 e. The van der Waals surface area contributed by atoms with Gasteiger partial charge in [-0.25, -0.2) is 8.42 Å². The molecule has 0 fully saturated rings. The van der Waals surface area contributed by atoms with Gasteiger partial charge in [0.2, 0.25) is 5.82 Å². The maximum Gasteiger partial charge on any atom is 0.261 e. The van der Waals surface area contributed by atoms with E-state index in [-0.39, 0.29) is 29.3 Å². The molecule has 0 atom stereocenters. The number of hydrogen-bond acceptors (Lipinski definition) is 9. The summed E-state index contributed by atoms with van der Waals surface area (Å²) in [6.07, 6.45) is 1.46. The van der Waals surface area contributed by atoms with E-state index in [1.165, 1.54) is 25.0 Å². The Morgan fingerprint density at radius 1 is 0.865 bits per heavy atom. The number of amides is 2. The van der Waals surface area contributed by atoms with E-state index in [4.69, 9.17) is 13.9 Å². The second-order valence-corrected chi connectivity index (χ2v) is 10.3. The topological polar surface area (TPSA) is 134 Å². The zero-order valence-corrected chi connectivity index (χ0v) is 20.8. The van der Waals surface area contributed by atoms with Gasteiger partial charge in [-0.2, -0.15) is 0 Å². The van der Waals surface area contributed by atoms with Gasteiger partial charge in [0.05, 0.1) is 37.4 Å². The number of ether oxygens (including phenoxy) is 2. The van der Waals surface area contributed by atoms with Crippen LogP contribution < -0.4 is 9.47 Å². The summed E-state index contributed by atoms with van der Waals surface area (Å²) in [4.78, 5) is 26.2. The molecule has 11 nitrogen and oxygen atoms in total. The van der Waals surface area contributed by atoms with Crippen LogP contribution in [0.5, 0.6) is 11.5 Å². The molecule has 0 aliphatic carbocycles. The molecular weight excluding hydrogens is 500 g/mol. The predicted octanol–water partition coefficient (Wildman–Crippen LogP) is 2.76. The second kappa shape index (κ2) is 9.54. The number of hydrogen-bond donors (Lipinski definition) is 0. The number of nitrogens with zero attached hydrogens (tertiary/aromatic N) is 4. The number of carbonyl (C=O) groups excluding carboxylic acids is 2. The van der Waals surface area contributed by atoms with Crippen molar-refractivity contribution in [2.45, 2.75) is 5.75 Å². The zero-order valence-electron chi connectivity index (χ0n) is 19.9. The summed E-state index contributed by atoms with van der Waals surface area (Å²) in [7, 11) is -0.903. The Morgan fingerprint density at radius 3 is 2.08 bits per heavy atom. The van der Waals surface area contributed by atoms with Crippen LogP contribution in [0.4, 0.5) is 0 Å². The third-order valence-electron chi connectivity index (χ3n) is 5.95. The molecule has 2 aromatic heterocycles. The highest BCUT2D eigenvalue weighted by Gasteiger charge is 2.36. The van der Waals surface area contributed by atoms with Crippen molar-refractivity contribution in [2.24, 2.45) is 0 Å². The molecule has 2 aromatic carbocycles. The molecule has 4 aromatic rings. The fourth-order valence-corrected chi connectivity index (χ4v) is 5.39. The molecule has 190 valence electrons. The Kier molecular flexibility index (Phi) is 6.25. The third kappa shape index (κ3) is 4.35. The van der Waals surface area contributed by atoms with Crippen LogP contribution in [0.15, 0.2) is 65.3 Å². The van der Waals surface area contributed by atoms with Crippen LogP contribution in [0.25, 0.3) is 17.3 Å². The number of methoxy groups -OCH3 is 2. The molecular formula is C25H22N4O7S. The quantitative estimate of drug-likeness (QED) is 0.304. The maximum atomic E-state index is 13.2. The molecule has 1 aliphatic rings. The lowest BCUT2D eigenvalue weighted by atomic mass is 10.1. The molecule has 0 saturated heterocycles. The van der Waals surface area contributed by atoms with Gasteiger partial charge in [-0.15, -0.1) is 10.2 Å². The van der Waals surface area contributed by atoms with E-state index < -0.39 is 33.2 Å². The molecule has 3 heterocycles. The van der Waals surface area contributed by atoms with Crippen LogP contribution in [0.1, 0.15) is 26.5 Å². The fourth-order valence-electron chi connectivity index (χ4n) is 4.20. The van der Waals surface area contributed by atoms with Gasteiger partial charge in [-0.05, 0) is 36.4 Å². The first-order valence-corrected chi connectivity index (χ1v) is 13.0. The molecule has 37 heavy (non-hydrogen) atoms. The molecule has 5 rings (SSSR count). The van der Waals surface area contributed by atoms with Gasteiger partial charge >= 0.3 is 0 Å². The van der Waals surface area contributed by atoms with E-state index in [0.717, 1.165) is 4.90 Å². The van der Waals surface area contributed by atoms with Crippen molar-refractivity contribution < 1.29 is 31.9 Å². The van der Waals surface area contributed by atoms with E-state index in [9.17, 15) is 18.0 Å². The van der Waals surface area contributed by atoms with Crippen LogP contribution in [0.2, 0.25) is 0 Å². The normalized spacial score (nSPS) is 13.2. The number of imide groups is 1. The zero-order chi connectivity index (χ0) is 26.2. The summed E-state index contributed by atoms with van der Waals surface area (Å²) in [5.74, 6) is -0.524. The Labute approximate surface area is 212 Å². The molecule has 0 N–H and O–H groups in total. The highest BCUT2D eigenvalue weighted by molar-refractivity contribution is 7.90. The molecule has 12 heteroatoms. The van der Waals surface area contributed by atoms with E-state index in [1.54, 1.807) is 54.6 Å². The number of fused-ring (bicyclic) bond motifs is 1. The monoisotopic (exact) mass is 522 g/mol. The van der Waals surface area contributed by atoms with Crippen LogP contribution in [-0.2, 0) is 15.6 Å². The predicted molar refractivity (Wildman–Crippen MR) is 131 cm³/mol. The van der Waals surface area contributed by atoms with Crippen molar-refractivity contribution >= 4 is 21.7 Å². The van der Waals surface area contributed by atoms with Crippen molar-refractivity contribution in [3.8, 4) is 28.8 Å². The fraction of sp³-hybridized carbons (Fsp3) is 0.200. The van der Waals surface area contributed by atoms with Crippen molar-refractivity contribution in [1.29, 1.82) is 0 Å². The number of rotatable bonds is 9. The standard InChI is InChI=1S/C25H22N4O7S/c1-34-18-9-5-10-19(35-2)22(18)29-21(26-27-23(29)20-11-6-13-36-20)15-37(32,33)14-12-28-24(30)16-7-3-4-8-17(16)25(28)31/h3-11,13H,12,14-15H2,1-2H3. The average Bonchev–Trinajstić information content (AvgIpc) is 3.62. The summed E-state index contributed by atoms with van der Waals surface area (Å²) in [6, 6.07) is 14.9. The van der Waals surface area contributed by atoms with E-state index in [1.807, 2.05) is 0 Å². The highest BCUT2D eigenvalue weighted by atomic mass is 32.2. The molecule has 0 saturated carbocycles. The average molecular weight is 523 g/mol. The van der Waals surface area contributed by atoms with Crippen LogP contribution in [-0.4, -0.2) is 66.4 Å². The number of carbonyl (C=O) groups is 2. The minimum absolute atomic E-state index is 0.0801. The van der Waals surface area contributed by atoms with E-state index in [0.29, 0.717) is 22.9 Å². The van der Waals surface area contributed by atoms with Crippen molar-refractivity contribution in [3.05, 3.63) is 77.8 Å². The molecule has 0 unspecified atom stereocenters. The first kappa shape index (κ1) is 24.3. The first-order valence-electron chi connectivity index (χ1n) is 11.2. The summed E-state index contributed by atoms with van der Waals surface area (Å²) in [5, 5.41) is 8.33. The number of para-hydroxylation sites is 1. The highest BCUT2D eigenvalue weighted by Crippen LogP contribution is 2.36. The molecule has 0 bridgehead atoms. The lowest BCUT2D eigenvalue weighted by molar-refractivity contribution is 0.0664. The summed E-state index contributed by atoms with van der Waals surface area (Å²) >= 11 is 0. The lowest BCUT2D eigenvalue weighted by Crippen LogP contribution is -2.34. The second-order valence-electron chi connectivity index (χ2n) is 8.16. The number of furan rings is 1. The minimum atomic E-state index is -3.86. The number of aromatic nitrogens is 3. The first-order chi connectivity index (χ1) is 17.8. The summed E-state index contributed by atoms with van der Waals surface area (Å²) < 4.78 is 44.5. The Balaban J connectivity index is 1.48. The van der Waals surface area contributed by atoms with E-state index >= 15 is 0 Å². The Hall–Kier alpha value is -4.45. The molecule has 0 radical (unpaired) electrons. The smallest absolute Gasteiger partial charge is 0.261 e. The lowest BCUT2D eigenvalue weighted by Gasteiger charge is -2.17. The largest absolute Gasteiger partial charge is 0.494 e. The van der Waals surface area contributed by atoms with Gasteiger partial charge in [0.15, 0.2) is 21.4 Å². The number of benzene rings is 2. The van der Waals surface area contributed by atoms with Gasteiger partial charge in [-0.3, -0.25) is 19.1 Å². The van der Waals surface area contributed by atoms with Crippen LogP contribution in [0, 0.1) is 0 Å². The number of sulfone groups is 1. The van der Waals surface area contributed by atoms with Crippen LogP contribution in [0.3, 0.4) is 0 Å². The van der Waals surface area contributed by atoms with Gasteiger partial charge < -0.3 is 13.9 Å². The Bertz CT molecular complexity index is 1540. The maximum absolute atomic E-state index is 13.2. The van der Waals surface area contributed by atoms with Crippen molar-refractivity contribution in [3.63, 3.8) is 0 Å². The molecule has 1 aliphatic heterocycles.